The lowest BCUT2D eigenvalue weighted by molar-refractivity contribution is -0.146. The zero-order chi connectivity index (χ0) is 18.9. The van der Waals surface area contributed by atoms with Gasteiger partial charge < -0.3 is 14.8 Å². The van der Waals surface area contributed by atoms with E-state index in [0.29, 0.717) is 0 Å². The zero-order valence-electron chi connectivity index (χ0n) is 14.4. The summed E-state index contributed by atoms with van der Waals surface area (Å²) in [6.07, 6.45) is -0.847. The molecule has 1 aromatic carbocycles. The summed E-state index contributed by atoms with van der Waals surface area (Å²) in [7, 11) is 0. The number of alkyl carbamates (subject to hydrolysis) is 1. The van der Waals surface area contributed by atoms with Gasteiger partial charge in [0.25, 0.3) is 0 Å². The number of carbonyl (C=O) groups is 3. The first-order valence-electron chi connectivity index (χ1n) is 7.61. The molecule has 25 heavy (non-hydrogen) atoms. The maximum absolute atomic E-state index is 12.3. The van der Waals surface area contributed by atoms with Crippen LogP contribution in [-0.4, -0.2) is 35.0 Å². The molecule has 1 amide bonds. The van der Waals surface area contributed by atoms with Crippen molar-refractivity contribution in [3.05, 3.63) is 35.9 Å². The lowest BCUT2D eigenvalue weighted by Crippen LogP contribution is -2.44. The van der Waals surface area contributed by atoms with Gasteiger partial charge in [0, 0.05) is 11.2 Å². The predicted molar refractivity (Wildman–Crippen MR) is 97.3 cm³/mol. The molecule has 0 spiro atoms. The minimum atomic E-state index is -1.02. The third-order valence-electron chi connectivity index (χ3n) is 2.98. The van der Waals surface area contributed by atoms with Crippen molar-refractivity contribution in [1.82, 2.24) is 5.32 Å². The molecular weight excluding hydrogens is 366 g/mol. The zero-order valence-corrected chi connectivity index (χ0v) is 16.0. The Bertz CT molecular complexity index is 588. The molecule has 0 saturated carbocycles. The van der Waals surface area contributed by atoms with Crippen molar-refractivity contribution in [3.8, 4) is 0 Å². The average Bonchev–Trinajstić information content (AvgIpc) is 2.56. The summed E-state index contributed by atoms with van der Waals surface area (Å²) in [5.74, 6) is -0.606. The number of rotatable bonds is 7. The van der Waals surface area contributed by atoms with E-state index in [4.69, 9.17) is 16.3 Å². The Kier molecular flexibility index (Phi) is 8.78. The monoisotopic (exact) mass is 387 g/mol. The Morgan fingerprint density at radius 1 is 1.16 bits per heavy atom. The van der Waals surface area contributed by atoms with E-state index in [-0.39, 0.29) is 23.5 Å². The molecule has 0 heterocycles. The summed E-state index contributed by atoms with van der Waals surface area (Å²) >= 11 is 6.29. The number of hydrogen-bond donors (Lipinski definition) is 1. The maximum atomic E-state index is 12.3. The van der Waals surface area contributed by atoms with Gasteiger partial charge in [0.2, 0.25) is 0 Å². The van der Waals surface area contributed by atoms with Crippen LogP contribution in [0.4, 0.5) is 4.79 Å². The fraction of sp³-hybridized carbons (Fsp3) is 0.471. The van der Waals surface area contributed by atoms with Crippen LogP contribution in [0.2, 0.25) is 0 Å². The standard InChI is InChI=1S/C17H22ClNO5S/c1-17(2,3)15(21)25-10-13(19-16(22)24-11-18)14(20)23-9-12-7-5-4-6-8-12/h4-8,13H,9-11H2,1-3H3,(H,19,22)/t13-/m0/s1. The molecule has 8 heteroatoms. The molecule has 0 radical (unpaired) electrons. The largest absolute Gasteiger partial charge is 0.459 e. The van der Waals surface area contributed by atoms with E-state index in [1.54, 1.807) is 20.8 Å². The van der Waals surface area contributed by atoms with Gasteiger partial charge in [-0.25, -0.2) is 9.59 Å². The minimum Gasteiger partial charge on any atom is -0.459 e. The predicted octanol–water partition coefficient (Wildman–Crippen LogP) is 3.33. The van der Waals surface area contributed by atoms with Crippen LogP contribution < -0.4 is 5.32 Å². The van der Waals surface area contributed by atoms with Crippen LogP contribution in [0.25, 0.3) is 0 Å². The molecule has 1 rings (SSSR count). The number of esters is 1. The van der Waals surface area contributed by atoms with Gasteiger partial charge in [0.05, 0.1) is 0 Å². The summed E-state index contributed by atoms with van der Waals surface area (Å²) in [6, 6.07) is 7.78. The quantitative estimate of drug-likeness (QED) is 0.570. The van der Waals surface area contributed by atoms with Crippen molar-refractivity contribution in [1.29, 1.82) is 0 Å². The van der Waals surface area contributed by atoms with Gasteiger partial charge in [-0.2, -0.15) is 0 Å². The number of thioether (sulfide) groups is 1. The smallest absolute Gasteiger partial charge is 0.409 e. The van der Waals surface area contributed by atoms with Crippen LogP contribution in [0.1, 0.15) is 26.3 Å². The summed E-state index contributed by atoms with van der Waals surface area (Å²) in [5, 5.41) is 2.27. The highest BCUT2D eigenvalue weighted by atomic mass is 35.5. The van der Waals surface area contributed by atoms with Crippen molar-refractivity contribution in [2.24, 2.45) is 5.41 Å². The molecule has 0 aromatic heterocycles. The molecule has 0 aliphatic carbocycles. The number of benzene rings is 1. The number of hydrogen-bond acceptors (Lipinski definition) is 6. The summed E-state index contributed by atoms with van der Waals surface area (Å²) < 4.78 is 9.79. The van der Waals surface area contributed by atoms with E-state index in [9.17, 15) is 14.4 Å². The maximum Gasteiger partial charge on any atom is 0.409 e. The van der Waals surface area contributed by atoms with E-state index in [1.807, 2.05) is 30.3 Å². The first-order valence-corrected chi connectivity index (χ1v) is 9.13. The van der Waals surface area contributed by atoms with Gasteiger partial charge in [-0.1, -0.05) is 74.5 Å². The van der Waals surface area contributed by atoms with Gasteiger partial charge in [0.1, 0.15) is 12.6 Å². The third kappa shape index (κ3) is 8.27. The molecule has 0 aliphatic rings. The van der Waals surface area contributed by atoms with E-state index in [2.05, 4.69) is 10.1 Å². The second-order valence-electron chi connectivity index (χ2n) is 6.18. The van der Waals surface area contributed by atoms with Crippen LogP contribution in [0.5, 0.6) is 0 Å². The number of alkyl halides is 1. The highest BCUT2D eigenvalue weighted by molar-refractivity contribution is 8.13. The van der Waals surface area contributed by atoms with Crippen LogP contribution in [0.3, 0.4) is 0 Å². The Labute approximate surface area is 156 Å². The number of ether oxygens (including phenoxy) is 2. The van der Waals surface area contributed by atoms with E-state index in [0.717, 1.165) is 17.3 Å². The number of nitrogens with one attached hydrogen (secondary N) is 1. The Hall–Kier alpha value is -1.73. The first-order chi connectivity index (χ1) is 11.7. The lowest BCUT2D eigenvalue weighted by atomic mass is 10.00. The van der Waals surface area contributed by atoms with Crippen molar-refractivity contribution < 1.29 is 23.9 Å². The van der Waals surface area contributed by atoms with Gasteiger partial charge >= 0.3 is 12.1 Å². The molecule has 1 atom stereocenters. The Morgan fingerprint density at radius 2 is 1.80 bits per heavy atom. The minimum absolute atomic E-state index is 0.0428. The van der Waals surface area contributed by atoms with Crippen LogP contribution in [0.15, 0.2) is 30.3 Å². The molecule has 138 valence electrons. The lowest BCUT2D eigenvalue weighted by Gasteiger charge is -2.19. The van der Waals surface area contributed by atoms with Crippen molar-refractivity contribution >= 4 is 40.5 Å². The molecule has 1 aromatic rings. The van der Waals surface area contributed by atoms with Gasteiger partial charge in [-0.05, 0) is 5.56 Å². The molecule has 0 aliphatic heterocycles. The van der Waals surface area contributed by atoms with Gasteiger partial charge in [0.15, 0.2) is 11.2 Å². The second-order valence-corrected chi connectivity index (χ2v) is 7.39. The molecule has 0 saturated heterocycles. The summed E-state index contributed by atoms with van der Waals surface area (Å²) in [4.78, 5) is 35.9. The van der Waals surface area contributed by atoms with Crippen LogP contribution in [0, 0.1) is 5.41 Å². The van der Waals surface area contributed by atoms with E-state index < -0.39 is 23.5 Å². The van der Waals surface area contributed by atoms with Crippen LogP contribution >= 0.6 is 23.4 Å². The molecule has 0 unspecified atom stereocenters. The highest BCUT2D eigenvalue weighted by Gasteiger charge is 2.28. The molecule has 1 N–H and O–H groups in total. The van der Waals surface area contributed by atoms with E-state index >= 15 is 0 Å². The van der Waals surface area contributed by atoms with Crippen molar-refractivity contribution in [2.45, 2.75) is 33.4 Å². The molecular formula is C17H22ClNO5S. The third-order valence-corrected chi connectivity index (χ3v) is 4.46. The first kappa shape index (κ1) is 21.3. The summed E-state index contributed by atoms with van der Waals surface area (Å²) in [5.41, 5.74) is 0.260. The fourth-order valence-corrected chi connectivity index (χ4v) is 2.68. The molecule has 0 bridgehead atoms. The average molecular weight is 388 g/mol. The molecule has 6 nitrogen and oxygen atoms in total. The fourth-order valence-electron chi connectivity index (χ4n) is 1.61. The number of amides is 1. The SMILES string of the molecule is CC(C)(C)C(=O)SC[C@H](NC(=O)OCCl)C(=O)OCc1ccccc1. The van der Waals surface area contributed by atoms with Gasteiger partial charge in [-0.3, -0.25) is 4.79 Å². The van der Waals surface area contributed by atoms with Crippen LogP contribution in [-0.2, 0) is 25.7 Å². The van der Waals surface area contributed by atoms with Crippen molar-refractivity contribution in [2.75, 3.05) is 11.8 Å². The van der Waals surface area contributed by atoms with E-state index in [1.165, 1.54) is 0 Å². The topological polar surface area (TPSA) is 81.7 Å². The van der Waals surface area contributed by atoms with Crippen molar-refractivity contribution in [3.63, 3.8) is 0 Å². The summed E-state index contributed by atoms with van der Waals surface area (Å²) in [6.45, 7) is 5.40. The molecule has 0 fully saturated rings. The second kappa shape index (κ2) is 10.3. The number of halogens is 1. The number of carbonyl (C=O) groups excluding carboxylic acids is 3. The highest BCUT2D eigenvalue weighted by Crippen LogP contribution is 2.23. The Balaban J connectivity index is 2.66. The normalized spacial score (nSPS) is 12.2. The Morgan fingerprint density at radius 3 is 2.36 bits per heavy atom. The van der Waals surface area contributed by atoms with Gasteiger partial charge in [-0.15, -0.1) is 0 Å².